The van der Waals surface area contributed by atoms with Crippen LogP contribution >= 0.6 is 0 Å². The molecule has 0 spiro atoms. The van der Waals surface area contributed by atoms with Crippen LogP contribution < -0.4 is 29.6 Å². The Morgan fingerprint density at radius 3 is 1.64 bits per heavy atom. The molecule has 62 valence electrons. The van der Waals surface area contributed by atoms with Gasteiger partial charge in [-0.05, 0) is 0 Å². The van der Waals surface area contributed by atoms with E-state index in [2.05, 4.69) is 0 Å². The maximum atomic E-state index is 10.2. The molecular weight excluding hydrogens is 179 g/mol. The molecule has 1 N–H and O–H groups in total. The maximum absolute atomic E-state index is 10.2. The van der Waals surface area contributed by atoms with Crippen LogP contribution in [-0.4, -0.2) is 23.5 Å². The minimum absolute atomic E-state index is 0. The molecule has 11 heavy (non-hydrogen) atoms. The predicted octanol–water partition coefficient (Wildman–Crippen LogP) is -3.10. The van der Waals surface area contributed by atoms with Crippen molar-refractivity contribution in [1.82, 2.24) is 0 Å². The summed E-state index contributed by atoms with van der Waals surface area (Å²) in [5, 5.41) is 8.82. The van der Waals surface area contributed by atoms with Gasteiger partial charge in [0.05, 0.1) is 0 Å². The quantitative estimate of drug-likeness (QED) is 0.351. The molecular formula is C5H11NaO4S. The summed E-state index contributed by atoms with van der Waals surface area (Å²) in [4.78, 5) is 0. The first-order valence-electron chi connectivity index (χ1n) is 2.78. The molecule has 0 aromatic rings. The Bertz CT molecular complexity index is 203. The predicted molar refractivity (Wildman–Crippen MR) is 35.2 cm³/mol. The van der Waals surface area contributed by atoms with Gasteiger partial charge in [-0.1, -0.05) is 20.8 Å². The van der Waals surface area contributed by atoms with Crippen molar-refractivity contribution in [3.63, 3.8) is 0 Å². The van der Waals surface area contributed by atoms with E-state index in [0.717, 1.165) is 0 Å². The van der Waals surface area contributed by atoms with Crippen LogP contribution in [0.1, 0.15) is 20.8 Å². The van der Waals surface area contributed by atoms with Gasteiger partial charge in [-0.25, -0.2) is 8.42 Å². The Morgan fingerprint density at radius 2 is 1.64 bits per heavy atom. The summed E-state index contributed by atoms with van der Waals surface area (Å²) in [6.45, 7) is 4.44. The van der Waals surface area contributed by atoms with Crippen LogP contribution in [-0.2, 0) is 10.1 Å². The zero-order valence-corrected chi connectivity index (χ0v) is 9.97. The van der Waals surface area contributed by atoms with Crippen molar-refractivity contribution in [2.24, 2.45) is 5.41 Å². The van der Waals surface area contributed by atoms with Crippen molar-refractivity contribution < 1.29 is 47.6 Å². The molecule has 0 aliphatic heterocycles. The zero-order chi connectivity index (χ0) is 8.58. The maximum Gasteiger partial charge on any atom is 1.00 e. The first-order valence-corrected chi connectivity index (χ1v) is 4.25. The molecule has 0 aromatic heterocycles. The van der Waals surface area contributed by atoms with Crippen LogP contribution in [0.5, 0.6) is 0 Å². The molecule has 0 aliphatic carbocycles. The van der Waals surface area contributed by atoms with Crippen molar-refractivity contribution in [2.45, 2.75) is 26.2 Å². The Kier molecular flexibility index (Phi) is 5.50. The molecule has 0 rings (SSSR count). The van der Waals surface area contributed by atoms with Crippen LogP contribution in [0.2, 0.25) is 0 Å². The van der Waals surface area contributed by atoms with Crippen molar-refractivity contribution in [3.05, 3.63) is 0 Å². The van der Waals surface area contributed by atoms with E-state index in [4.69, 9.17) is 5.11 Å². The van der Waals surface area contributed by atoms with Crippen molar-refractivity contribution in [2.75, 3.05) is 0 Å². The average Bonchev–Trinajstić information content (AvgIpc) is 1.59. The van der Waals surface area contributed by atoms with Gasteiger partial charge in [-0.3, -0.25) is 0 Å². The number of hydrogen-bond donors (Lipinski definition) is 1. The Labute approximate surface area is 89.0 Å². The third kappa shape index (κ3) is 5.16. The number of aliphatic hydroxyl groups is 1. The Hall–Kier alpha value is 0.870. The van der Waals surface area contributed by atoms with E-state index < -0.39 is 21.0 Å². The topological polar surface area (TPSA) is 77.4 Å². The van der Waals surface area contributed by atoms with E-state index in [-0.39, 0.29) is 29.6 Å². The van der Waals surface area contributed by atoms with Gasteiger partial charge in [0, 0.05) is 5.41 Å². The summed E-state index contributed by atoms with van der Waals surface area (Å²) < 4.78 is 30.5. The van der Waals surface area contributed by atoms with E-state index in [1.165, 1.54) is 20.8 Å². The van der Waals surface area contributed by atoms with Crippen LogP contribution in [0.4, 0.5) is 0 Å². The number of rotatable bonds is 1. The summed E-state index contributed by atoms with van der Waals surface area (Å²) >= 11 is 0. The Morgan fingerprint density at radius 1 is 1.36 bits per heavy atom. The van der Waals surface area contributed by atoms with Gasteiger partial charge in [0.15, 0.2) is 0 Å². The van der Waals surface area contributed by atoms with Crippen LogP contribution in [0.15, 0.2) is 0 Å². The van der Waals surface area contributed by atoms with Gasteiger partial charge in [-0.2, -0.15) is 0 Å². The standard InChI is InChI=1S/C5H12O4S.Na/c1-5(2,3)4(6)10(7,8)9;/h4,6H,1-3H3,(H,7,8,9);/q;+1/p-1. The Balaban J connectivity index is 0. The van der Waals surface area contributed by atoms with E-state index in [1.54, 1.807) is 0 Å². The van der Waals surface area contributed by atoms with E-state index in [0.29, 0.717) is 0 Å². The van der Waals surface area contributed by atoms with E-state index in [1.807, 2.05) is 0 Å². The van der Waals surface area contributed by atoms with Gasteiger partial charge in [-0.15, -0.1) is 0 Å². The minimum atomic E-state index is -4.55. The second-order valence-corrected chi connectivity index (χ2v) is 4.64. The van der Waals surface area contributed by atoms with E-state index >= 15 is 0 Å². The molecule has 0 heterocycles. The van der Waals surface area contributed by atoms with Crippen molar-refractivity contribution in [1.29, 1.82) is 0 Å². The molecule has 0 saturated carbocycles. The normalized spacial score (nSPS) is 15.4. The third-order valence-electron chi connectivity index (χ3n) is 1.01. The molecule has 6 heteroatoms. The second kappa shape index (κ2) is 4.20. The fourth-order valence-electron chi connectivity index (χ4n) is 0.433. The minimum Gasteiger partial charge on any atom is -0.746 e. The molecule has 1 atom stereocenters. The molecule has 0 aromatic carbocycles. The average molecular weight is 190 g/mol. The number of aliphatic hydroxyl groups excluding tert-OH is 1. The largest absolute Gasteiger partial charge is 1.00 e. The van der Waals surface area contributed by atoms with Crippen LogP contribution in [0.3, 0.4) is 0 Å². The first kappa shape index (κ1) is 14.4. The van der Waals surface area contributed by atoms with Crippen molar-refractivity contribution >= 4 is 10.1 Å². The van der Waals surface area contributed by atoms with Gasteiger partial charge in [0.1, 0.15) is 15.6 Å². The molecule has 4 nitrogen and oxygen atoms in total. The summed E-state index contributed by atoms with van der Waals surface area (Å²) in [5.74, 6) is 0. The fraction of sp³-hybridized carbons (Fsp3) is 1.00. The SMILES string of the molecule is CC(C)(C)C(O)S(=O)(=O)[O-].[Na+]. The van der Waals surface area contributed by atoms with Gasteiger partial charge >= 0.3 is 29.6 Å². The molecule has 0 amide bonds. The first-order chi connectivity index (χ1) is 4.15. The summed E-state index contributed by atoms with van der Waals surface area (Å²) in [5.41, 5.74) is -2.72. The second-order valence-electron chi connectivity index (χ2n) is 3.21. The molecule has 0 aliphatic rings. The van der Waals surface area contributed by atoms with Gasteiger partial charge in [0.25, 0.3) is 0 Å². The fourth-order valence-corrected chi connectivity index (χ4v) is 1.30. The van der Waals surface area contributed by atoms with Crippen molar-refractivity contribution in [3.8, 4) is 0 Å². The summed E-state index contributed by atoms with van der Waals surface area (Å²) in [6.07, 6.45) is 0. The smallest absolute Gasteiger partial charge is 0.746 e. The van der Waals surface area contributed by atoms with Crippen LogP contribution in [0, 0.1) is 5.41 Å². The summed E-state index contributed by atoms with van der Waals surface area (Å²) in [6, 6.07) is 0. The monoisotopic (exact) mass is 190 g/mol. The van der Waals surface area contributed by atoms with E-state index in [9.17, 15) is 13.0 Å². The molecule has 0 radical (unpaired) electrons. The summed E-state index contributed by atoms with van der Waals surface area (Å²) in [7, 11) is -4.55. The van der Waals surface area contributed by atoms with Gasteiger partial charge < -0.3 is 9.66 Å². The molecule has 0 saturated heterocycles. The molecule has 0 fully saturated rings. The molecule has 1 unspecified atom stereocenters. The van der Waals surface area contributed by atoms with Gasteiger partial charge in [0.2, 0.25) is 0 Å². The van der Waals surface area contributed by atoms with Crippen LogP contribution in [0.25, 0.3) is 0 Å². The number of hydrogen-bond acceptors (Lipinski definition) is 4. The molecule has 0 bridgehead atoms. The zero-order valence-electron chi connectivity index (χ0n) is 7.16. The third-order valence-corrected chi connectivity index (χ3v) is 2.27.